The molecule has 2 rings (SSSR count). The summed E-state index contributed by atoms with van der Waals surface area (Å²) in [7, 11) is -4.06. The highest BCUT2D eigenvalue weighted by Gasteiger charge is 2.43. The van der Waals surface area contributed by atoms with Gasteiger partial charge in [-0.15, -0.1) is 0 Å². The number of carboxylic acids is 1. The van der Waals surface area contributed by atoms with Gasteiger partial charge < -0.3 is 5.11 Å². The number of carboxylic acid groups (broad SMARTS) is 1. The highest BCUT2D eigenvalue weighted by atomic mass is 35.5. The van der Waals surface area contributed by atoms with E-state index >= 15 is 0 Å². The number of rotatable bonds is 4. The van der Waals surface area contributed by atoms with Crippen LogP contribution in [0.2, 0.25) is 10.0 Å². The number of hydrogen-bond acceptors (Lipinski definition) is 3. The van der Waals surface area contributed by atoms with Crippen molar-refractivity contribution in [1.29, 1.82) is 0 Å². The quantitative estimate of drug-likeness (QED) is 0.872. The van der Waals surface area contributed by atoms with Crippen molar-refractivity contribution in [2.75, 3.05) is 0 Å². The Morgan fingerprint density at radius 2 is 1.81 bits per heavy atom. The lowest BCUT2D eigenvalue weighted by Crippen LogP contribution is -2.55. The summed E-state index contributed by atoms with van der Waals surface area (Å²) in [5.74, 6) is -1.16. The third kappa shape index (κ3) is 3.34. The lowest BCUT2D eigenvalue weighted by Gasteiger charge is -2.33. The van der Waals surface area contributed by atoms with Crippen LogP contribution in [0, 0.1) is 0 Å². The molecule has 5 nitrogen and oxygen atoms in total. The van der Waals surface area contributed by atoms with Crippen molar-refractivity contribution in [2.45, 2.75) is 42.5 Å². The molecule has 0 unspecified atom stereocenters. The summed E-state index contributed by atoms with van der Waals surface area (Å²) in [6, 6.07) is 4.22. The van der Waals surface area contributed by atoms with E-state index in [1.807, 2.05) is 0 Å². The van der Waals surface area contributed by atoms with Gasteiger partial charge in [0.05, 0.1) is 10.0 Å². The predicted molar refractivity (Wildman–Crippen MR) is 80.2 cm³/mol. The molecule has 0 radical (unpaired) electrons. The lowest BCUT2D eigenvalue weighted by atomic mass is 9.83. The highest BCUT2D eigenvalue weighted by Crippen LogP contribution is 2.33. The summed E-state index contributed by atoms with van der Waals surface area (Å²) in [5.41, 5.74) is -1.47. The van der Waals surface area contributed by atoms with Crippen molar-refractivity contribution in [3.63, 3.8) is 0 Å². The summed E-state index contributed by atoms with van der Waals surface area (Å²) in [6.45, 7) is 0. The average molecular weight is 352 g/mol. The van der Waals surface area contributed by atoms with Crippen molar-refractivity contribution in [3.05, 3.63) is 28.2 Å². The van der Waals surface area contributed by atoms with E-state index in [1.54, 1.807) is 0 Å². The molecule has 1 aliphatic carbocycles. The summed E-state index contributed by atoms with van der Waals surface area (Å²) < 4.78 is 27.3. The molecule has 0 heterocycles. The normalized spacial score (nSPS) is 18.4. The number of aliphatic carboxylic acids is 1. The van der Waals surface area contributed by atoms with Gasteiger partial charge in [0.2, 0.25) is 10.0 Å². The zero-order chi connectivity index (χ0) is 15.7. The SMILES string of the molecule is O=C(O)C1(NS(=O)(=O)c2cccc(Cl)c2Cl)CCCCC1. The molecule has 0 aliphatic heterocycles. The number of sulfonamides is 1. The van der Waals surface area contributed by atoms with Crippen molar-refractivity contribution >= 4 is 39.2 Å². The molecule has 1 aromatic rings. The van der Waals surface area contributed by atoms with E-state index in [9.17, 15) is 18.3 Å². The number of carbonyl (C=O) groups is 1. The van der Waals surface area contributed by atoms with Crippen molar-refractivity contribution in [2.24, 2.45) is 0 Å². The third-order valence-electron chi connectivity index (χ3n) is 3.65. The van der Waals surface area contributed by atoms with E-state index < -0.39 is 21.5 Å². The van der Waals surface area contributed by atoms with Crippen LogP contribution >= 0.6 is 23.2 Å². The molecular formula is C13H15Cl2NO4S. The molecule has 1 saturated carbocycles. The van der Waals surface area contributed by atoms with Gasteiger partial charge in [0, 0.05) is 0 Å². The van der Waals surface area contributed by atoms with E-state index in [0.717, 1.165) is 6.42 Å². The molecular weight excluding hydrogens is 337 g/mol. The van der Waals surface area contributed by atoms with Gasteiger partial charge in [-0.1, -0.05) is 48.5 Å². The molecule has 2 N–H and O–H groups in total. The van der Waals surface area contributed by atoms with Crippen LogP contribution in [0.25, 0.3) is 0 Å². The second kappa shape index (κ2) is 6.12. The number of halogens is 2. The summed E-state index contributed by atoms with van der Waals surface area (Å²) >= 11 is 11.7. The molecule has 21 heavy (non-hydrogen) atoms. The molecule has 1 aromatic carbocycles. The molecule has 8 heteroatoms. The van der Waals surface area contributed by atoms with Crippen LogP contribution in [0.15, 0.2) is 23.1 Å². The maximum atomic E-state index is 12.5. The van der Waals surface area contributed by atoms with Gasteiger partial charge in [0.25, 0.3) is 0 Å². The van der Waals surface area contributed by atoms with Crippen LogP contribution in [-0.2, 0) is 14.8 Å². The first-order valence-electron chi connectivity index (χ1n) is 6.50. The van der Waals surface area contributed by atoms with Gasteiger partial charge in [-0.25, -0.2) is 8.42 Å². The van der Waals surface area contributed by atoms with Crippen molar-refractivity contribution in [3.8, 4) is 0 Å². The van der Waals surface area contributed by atoms with Gasteiger partial charge in [-0.3, -0.25) is 4.79 Å². The summed E-state index contributed by atoms with van der Waals surface area (Å²) in [5, 5.41) is 9.43. The molecule has 0 bridgehead atoms. The number of benzene rings is 1. The van der Waals surface area contributed by atoms with Gasteiger partial charge >= 0.3 is 5.97 Å². The zero-order valence-electron chi connectivity index (χ0n) is 11.1. The van der Waals surface area contributed by atoms with E-state index in [0.29, 0.717) is 12.8 Å². The van der Waals surface area contributed by atoms with Gasteiger partial charge in [0.15, 0.2) is 0 Å². The molecule has 0 saturated heterocycles. The van der Waals surface area contributed by atoms with Crippen LogP contribution in [-0.4, -0.2) is 25.0 Å². The van der Waals surface area contributed by atoms with Crippen molar-refractivity contribution in [1.82, 2.24) is 4.72 Å². The molecule has 116 valence electrons. The van der Waals surface area contributed by atoms with Crippen LogP contribution in [0.3, 0.4) is 0 Å². The molecule has 0 aromatic heterocycles. The summed E-state index contributed by atoms with van der Waals surface area (Å²) in [6.07, 6.45) is 2.75. The standard InChI is InChI=1S/C13H15Cl2NO4S/c14-9-5-4-6-10(11(9)15)21(19,20)16-13(12(17)18)7-2-1-3-8-13/h4-6,16H,1-3,7-8H2,(H,17,18). The Labute approximate surface area is 133 Å². The van der Waals surface area contributed by atoms with E-state index in [-0.39, 0.29) is 27.8 Å². The molecule has 1 aliphatic rings. The first-order chi connectivity index (χ1) is 9.78. The van der Waals surface area contributed by atoms with Gasteiger partial charge in [-0.05, 0) is 25.0 Å². The monoisotopic (exact) mass is 351 g/mol. The number of nitrogens with one attached hydrogen (secondary N) is 1. The molecule has 0 amide bonds. The molecule has 1 fully saturated rings. The first-order valence-corrected chi connectivity index (χ1v) is 8.74. The average Bonchev–Trinajstić information content (AvgIpc) is 2.42. The van der Waals surface area contributed by atoms with Gasteiger partial charge in [-0.2, -0.15) is 4.72 Å². The Hall–Kier alpha value is -0.820. The first kappa shape index (κ1) is 16.5. The smallest absolute Gasteiger partial charge is 0.324 e. The number of hydrogen-bond donors (Lipinski definition) is 2. The Morgan fingerprint density at radius 3 is 2.38 bits per heavy atom. The minimum atomic E-state index is -4.06. The Bertz CT molecular complexity index is 654. The van der Waals surface area contributed by atoms with Crippen LogP contribution in [0.5, 0.6) is 0 Å². The Kier molecular flexibility index (Phi) is 4.82. The Balaban J connectivity index is 2.40. The molecule has 0 spiro atoms. The fourth-order valence-corrected chi connectivity index (χ4v) is 4.70. The second-order valence-corrected chi connectivity index (χ2v) is 7.54. The second-order valence-electron chi connectivity index (χ2n) is 5.11. The zero-order valence-corrected chi connectivity index (χ0v) is 13.4. The fraction of sp³-hybridized carbons (Fsp3) is 0.462. The van der Waals surface area contributed by atoms with Crippen LogP contribution in [0.1, 0.15) is 32.1 Å². The summed E-state index contributed by atoms with van der Waals surface area (Å²) in [4.78, 5) is 11.3. The van der Waals surface area contributed by atoms with E-state index in [4.69, 9.17) is 23.2 Å². The molecule has 0 atom stereocenters. The largest absolute Gasteiger partial charge is 0.480 e. The highest BCUT2D eigenvalue weighted by molar-refractivity contribution is 7.89. The minimum Gasteiger partial charge on any atom is -0.480 e. The minimum absolute atomic E-state index is 0.104. The fourth-order valence-electron chi connectivity index (χ4n) is 2.52. The predicted octanol–water partition coefficient (Wildman–Crippen LogP) is 3.06. The van der Waals surface area contributed by atoms with Crippen LogP contribution in [0.4, 0.5) is 0 Å². The maximum Gasteiger partial charge on any atom is 0.324 e. The Morgan fingerprint density at radius 1 is 1.19 bits per heavy atom. The van der Waals surface area contributed by atoms with E-state index in [2.05, 4.69) is 4.72 Å². The third-order valence-corrected chi connectivity index (χ3v) is 6.16. The van der Waals surface area contributed by atoms with Crippen molar-refractivity contribution < 1.29 is 18.3 Å². The lowest BCUT2D eigenvalue weighted by molar-refractivity contribution is -0.145. The van der Waals surface area contributed by atoms with Crippen LogP contribution < -0.4 is 4.72 Å². The topological polar surface area (TPSA) is 83.5 Å². The van der Waals surface area contributed by atoms with E-state index in [1.165, 1.54) is 18.2 Å². The maximum absolute atomic E-state index is 12.5. The van der Waals surface area contributed by atoms with Gasteiger partial charge in [0.1, 0.15) is 10.4 Å².